The molecule has 0 atom stereocenters. The van der Waals surface area contributed by atoms with Crippen molar-refractivity contribution >= 4 is 0 Å². The van der Waals surface area contributed by atoms with Gasteiger partial charge in [0.25, 0.3) is 0 Å². The maximum atomic E-state index is 11.2. The highest BCUT2D eigenvalue weighted by Gasteiger charge is 2.65. The van der Waals surface area contributed by atoms with Gasteiger partial charge in [0.05, 0.1) is 0 Å². The first kappa shape index (κ1) is 21.3. The normalized spacial score (nSPS) is 14.4. The molecule has 0 bridgehead atoms. The van der Waals surface area contributed by atoms with Crippen LogP contribution in [0.2, 0.25) is 0 Å². The number of halogens is 14. The molecule has 0 aliphatic carbocycles. The summed E-state index contributed by atoms with van der Waals surface area (Å²) in [5.41, 5.74) is 0. The molecular weight excluding hydrogens is 338 g/mol. The molecule has 0 unspecified atom stereocenters. The lowest BCUT2D eigenvalue weighted by Gasteiger charge is -2.17. The quantitative estimate of drug-likeness (QED) is 0.628. The molecule has 0 rings (SSSR count). The molecule has 0 N–H and O–H groups in total. The Hall–Kier alpha value is -0.980. The molecule has 0 amide bonds. The molecule has 0 saturated carbocycles. The second-order valence-corrected chi connectivity index (χ2v) is 2.84. The van der Waals surface area contributed by atoms with Crippen LogP contribution in [0, 0.1) is 0 Å². The van der Waals surface area contributed by atoms with Crippen molar-refractivity contribution in [3.8, 4) is 0 Å². The molecule has 0 heterocycles. The highest BCUT2D eigenvalue weighted by Crippen LogP contribution is 2.40. The molecule has 0 aliphatic rings. The van der Waals surface area contributed by atoms with E-state index in [-0.39, 0.29) is 0 Å². The van der Waals surface area contributed by atoms with Gasteiger partial charge >= 0.3 is 37.0 Å². The second kappa shape index (κ2) is 6.20. The van der Waals surface area contributed by atoms with E-state index in [1.54, 1.807) is 0 Å². The van der Waals surface area contributed by atoms with E-state index in [4.69, 9.17) is 0 Å². The number of hydrogen-bond donors (Lipinski definition) is 0. The lowest BCUT2D eigenvalue weighted by Crippen LogP contribution is -2.42. The van der Waals surface area contributed by atoms with E-state index in [9.17, 15) is 61.5 Å². The van der Waals surface area contributed by atoms with Gasteiger partial charge in [-0.2, -0.15) is 43.9 Å². The summed E-state index contributed by atoms with van der Waals surface area (Å²) in [4.78, 5) is 0. The van der Waals surface area contributed by atoms with Gasteiger partial charge in [-0.05, 0) is 0 Å². The maximum absolute atomic E-state index is 11.2. The van der Waals surface area contributed by atoms with Crippen LogP contribution in [-0.4, -0.2) is 37.0 Å². The molecule has 0 saturated heterocycles. The number of rotatable bonds is 2. The molecule has 0 aromatic rings. The van der Waals surface area contributed by atoms with Crippen molar-refractivity contribution in [3.05, 3.63) is 0 Å². The van der Waals surface area contributed by atoms with Gasteiger partial charge in [0.15, 0.2) is 0 Å². The van der Waals surface area contributed by atoms with Gasteiger partial charge in [0, 0.05) is 0 Å². The first-order chi connectivity index (χ1) is 8.39. The first-order valence-corrected chi connectivity index (χ1v) is 3.84. The summed E-state index contributed by atoms with van der Waals surface area (Å²) in [6.45, 7) is 0. The molecule has 0 radical (unpaired) electrons. The second-order valence-electron chi connectivity index (χ2n) is 2.84. The van der Waals surface area contributed by atoms with Gasteiger partial charge in [-0.15, -0.1) is 0 Å². The minimum absolute atomic E-state index is 4.70. The molecule has 0 fully saturated rings. The van der Waals surface area contributed by atoms with E-state index in [2.05, 4.69) is 0 Å². The summed E-state index contributed by atoms with van der Waals surface area (Å²) >= 11 is 0. The topological polar surface area (TPSA) is 0 Å². The van der Waals surface area contributed by atoms with E-state index >= 15 is 0 Å². The number of alkyl halides is 14. The smallest absolute Gasteiger partial charge is 0.203 e. The minimum Gasteiger partial charge on any atom is -0.203 e. The summed E-state index contributed by atoms with van der Waals surface area (Å²) in [6, 6.07) is 0. The van der Waals surface area contributed by atoms with Crippen LogP contribution >= 0.6 is 0 Å². The van der Waals surface area contributed by atoms with Crippen molar-refractivity contribution in [2.24, 2.45) is 0 Å². The Balaban J connectivity index is 0. The zero-order chi connectivity index (χ0) is 17.2. The molecule has 124 valence electrons. The fraction of sp³-hybridized carbons (Fsp3) is 1.00. The molecule has 20 heavy (non-hydrogen) atoms. The van der Waals surface area contributed by atoms with E-state index in [0.717, 1.165) is 0 Å². The van der Waals surface area contributed by atoms with Crippen LogP contribution in [0.4, 0.5) is 61.5 Å². The van der Waals surface area contributed by atoms with Crippen LogP contribution in [0.5, 0.6) is 0 Å². The predicted octanol–water partition coefficient (Wildman–Crippen LogP) is 4.90. The monoisotopic (exact) mass is 340 g/mol. The fourth-order valence-corrected chi connectivity index (χ4v) is 0.247. The van der Waals surface area contributed by atoms with Crippen LogP contribution in [0.25, 0.3) is 0 Å². The summed E-state index contributed by atoms with van der Waals surface area (Å²) < 4.78 is 153. The molecule has 0 aromatic heterocycles. The number of hydrogen-bond acceptors (Lipinski definition) is 0. The lowest BCUT2D eigenvalue weighted by atomic mass is 10.3. The maximum Gasteiger partial charge on any atom is 0.459 e. The largest absolute Gasteiger partial charge is 0.459 e. The first-order valence-electron chi connectivity index (χ1n) is 3.84. The molecule has 0 nitrogen and oxygen atoms in total. The van der Waals surface area contributed by atoms with Crippen molar-refractivity contribution in [1.29, 1.82) is 0 Å². The van der Waals surface area contributed by atoms with Crippen LogP contribution in [-0.2, 0) is 0 Å². The highest BCUT2D eigenvalue weighted by molar-refractivity contribution is 4.78. The molecule has 0 spiro atoms. The van der Waals surface area contributed by atoms with Gasteiger partial charge in [-0.1, -0.05) is 0 Å². The van der Waals surface area contributed by atoms with Crippen molar-refractivity contribution in [3.63, 3.8) is 0 Å². The van der Waals surface area contributed by atoms with E-state index in [1.807, 2.05) is 0 Å². The zero-order valence-electron chi connectivity index (χ0n) is 8.45. The molecule has 14 heteroatoms. The van der Waals surface area contributed by atoms with E-state index in [0.29, 0.717) is 0 Å². The third kappa shape index (κ3) is 5.19. The van der Waals surface area contributed by atoms with Gasteiger partial charge in [-0.25, -0.2) is 17.6 Å². The fourth-order valence-electron chi connectivity index (χ4n) is 0.247. The van der Waals surface area contributed by atoms with Gasteiger partial charge < -0.3 is 0 Å². The Morgan fingerprint density at radius 1 is 0.400 bits per heavy atom. The molecule has 0 aromatic carbocycles. The standard InChI is InChI=1S/2C3HF7/c2*4-1(5)2(6,7)3(8,9)10/h2*1H. The predicted molar refractivity (Wildman–Crippen MR) is 34.0 cm³/mol. The average molecular weight is 340 g/mol. The Labute approximate surface area is 99.9 Å². The molecule has 0 aliphatic heterocycles. The summed E-state index contributed by atoms with van der Waals surface area (Å²) in [5.74, 6) is -11.8. The third-order valence-corrected chi connectivity index (χ3v) is 1.30. The van der Waals surface area contributed by atoms with Crippen LogP contribution < -0.4 is 0 Å². The summed E-state index contributed by atoms with van der Waals surface area (Å²) in [5, 5.41) is 0. The molecular formula is C6H2F14. The Bertz CT molecular complexity index is 251. The third-order valence-electron chi connectivity index (χ3n) is 1.30. The zero-order valence-corrected chi connectivity index (χ0v) is 8.45. The van der Waals surface area contributed by atoms with Gasteiger partial charge in [0.2, 0.25) is 0 Å². The summed E-state index contributed by atoms with van der Waals surface area (Å²) in [6.07, 6.45) is -21.7. The average Bonchev–Trinajstić information content (AvgIpc) is 2.14. The Morgan fingerprint density at radius 2 is 0.550 bits per heavy atom. The SMILES string of the molecule is FC(F)C(F)(F)C(F)(F)F.FC(F)C(F)(F)C(F)(F)F. The van der Waals surface area contributed by atoms with E-state index in [1.165, 1.54) is 0 Å². The van der Waals surface area contributed by atoms with Crippen LogP contribution in [0.3, 0.4) is 0 Å². The van der Waals surface area contributed by atoms with Crippen LogP contribution in [0.1, 0.15) is 0 Å². The lowest BCUT2D eigenvalue weighted by molar-refractivity contribution is -0.320. The highest BCUT2D eigenvalue weighted by atomic mass is 19.4. The van der Waals surface area contributed by atoms with Gasteiger partial charge in [0.1, 0.15) is 0 Å². The Kier molecular flexibility index (Phi) is 6.61. The van der Waals surface area contributed by atoms with Crippen molar-refractivity contribution in [2.45, 2.75) is 37.0 Å². The van der Waals surface area contributed by atoms with Crippen molar-refractivity contribution in [2.75, 3.05) is 0 Å². The van der Waals surface area contributed by atoms with Crippen molar-refractivity contribution in [1.82, 2.24) is 0 Å². The van der Waals surface area contributed by atoms with Gasteiger partial charge in [-0.3, -0.25) is 0 Å². The minimum atomic E-state index is -6.17. The Morgan fingerprint density at radius 3 is 0.550 bits per heavy atom. The summed E-state index contributed by atoms with van der Waals surface area (Å²) in [7, 11) is 0. The van der Waals surface area contributed by atoms with Crippen LogP contribution in [0.15, 0.2) is 0 Å². The van der Waals surface area contributed by atoms with Crippen molar-refractivity contribution < 1.29 is 61.5 Å². The van der Waals surface area contributed by atoms with E-state index < -0.39 is 37.0 Å².